The summed E-state index contributed by atoms with van der Waals surface area (Å²) in [5.41, 5.74) is 1.25. The Morgan fingerprint density at radius 1 is 1.27 bits per heavy atom. The molecule has 1 aromatic rings. The first kappa shape index (κ1) is 6.92. The van der Waals surface area contributed by atoms with E-state index in [2.05, 4.69) is 22.0 Å². The van der Waals surface area contributed by atoms with Crippen molar-refractivity contribution in [3.8, 4) is 5.75 Å². The summed E-state index contributed by atoms with van der Waals surface area (Å²) >= 11 is 3.30. The van der Waals surface area contributed by atoms with Gasteiger partial charge in [0.2, 0.25) is 0 Å². The maximum absolute atomic E-state index is 5.41. The van der Waals surface area contributed by atoms with E-state index in [1.807, 2.05) is 24.3 Å². The molecule has 0 bridgehead atoms. The molecule has 1 heterocycles. The van der Waals surface area contributed by atoms with E-state index >= 15 is 0 Å². The summed E-state index contributed by atoms with van der Waals surface area (Å²) in [5.74, 6) is 0.960. The lowest BCUT2D eigenvalue weighted by Gasteiger charge is -2.13. The van der Waals surface area contributed by atoms with E-state index in [0.29, 0.717) is 0 Å². The normalized spacial score (nSPS) is 14.8. The van der Waals surface area contributed by atoms with Gasteiger partial charge in [-0.1, -0.05) is 18.2 Å². The lowest BCUT2D eigenvalue weighted by molar-refractivity contribution is 0.453. The fourth-order valence-corrected chi connectivity index (χ4v) is 1.45. The van der Waals surface area contributed by atoms with Crippen molar-refractivity contribution in [1.29, 1.82) is 0 Å². The molecule has 0 amide bonds. The zero-order chi connectivity index (χ0) is 7.68. The number of fused-ring (bicyclic) bond motifs is 1. The highest BCUT2D eigenvalue weighted by Crippen LogP contribution is 2.27. The third-order valence-corrected chi connectivity index (χ3v) is 2.15. The number of benzene rings is 1. The Morgan fingerprint density at radius 2 is 2.09 bits per heavy atom. The van der Waals surface area contributed by atoms with Crippen LogP contribution in [0, 0.1) is 0 Å². The van der Waals surface area contributed by atoms with E-state index in [0.717, 1.165) is 16.8 Å². The largest absolute Gasteiger partial charge is 0.450 e. The van der Waals surface area contributed by atoms with Crippen LogP contribution in [-0.4, -0.2) is 0 Å². The van der Waals surface area contributed by atoms with Crippen molar-refractivity contribution in [2.24, 2.45) is 0 Å². The molecule has 0 unspecified atom stereocenters. The number of rotatable bonds is 0. The molecule has 0 N–H and O–H groups in total. The summed E-state index contributed by atoms with van der Waals surface area (Å²) in [4.78, 5) is 0. The molecular weight excluding hydrogens is 204 g/mol. The highest BCUT2D eigenvalue weighted by molar-refractivity contribution is 9.11. The smallest absolute Gasteiger partial charge is 0.166 e. The Morgan fingerprint density at radius 3 is 3.00 bits per heavy atom. The minimum Gasteiger partial charge on any atom is -0.450 e. The van der Waals surface area contributed by atoms with Crippen molar-refractivity contribution in [3.63, 3.8) is 0 Å². The molecular formula is C9H7BrO. The van der Waals surface area contributed by atoms with E-state index in [1.165, 1.54) is 5.56 Å². The Bertz CT molecular complexity index is 304. The van der Waals surface area contributed by atoms with Crippen LogP contribution in [0.4, 0.5) is 0 Å². The minimum absolute atomic E-state index is 0.816. The van der Waals surface area contributed by atoms with Crippen molar-refractivity contribution < 1.29 is 4.74 Å². The van der Waals surface area contributed by atoms with E-state index < -0.39 is 0 Å². The maximum atomic E-state index is 5.41. The third kappa shape index (κ3) is 1.31. The molecule has 0 fully saturated rings. The van der Waals surface area contributed by atoms with E-state index in [1.54, 1.807) is 0 Å². The van der Waals surface area contributed by atoms with Crippen molar-refractivity contribution in [1.82, 2.24) is 0 Å². The van der Waals surface area contributed by atoms with Crippen LogP contribution in [0.1, 0.15) is 5.56 Å². The Kier molecular flexibility index (Phi) is 1.70. The molecule has 2 rings (SSSR count). The van der Waals surface area contributed by atoms with E-state index in [4.69, 9.17) is 4.74 Å². The quantitative estimate of drug-likeness (QED) is 0.641. The molecule has 0 saturated heterocycles. The lowest BCUT2D eigenvalue weighted by atomic mass is 10.1. The zero-order valence-corrected chi connectivity index (χ0v) is 7.47. The van der Waals surface area contributed by atoms with Crippen LogP contribution in [0.25, 0.3) is 0 Å². The Hall–Kier alpha value is -0.760. The van der Waals surface area contributed by atoms with Gasteiger partial charge in [0, 0.05) is 0 Å². The van der Waals surface area contributed by atoms with Gasteiger partial charge < -0.3 is 4.74 Å². The van der Waals surface area contributed by atoms with Gasteiger partial charge in [-0.15, -0.1) is 0 Å². The maximum Gasteiger partial charge on any atom is 0.166 e. The average Bonchev–Trinajstić information content (AvgIpc) is 2.04. The number of hydrogen-bond acceptors (Lipinski definition) is 1. The lowest BCUT2D eigenvalue weighted by Crippen LogP contribution is -1.98. The first-order valence-corrected chi connectivity index (χ1v) is 4.27. The van der Waals surface area contributed by atoms with Gasteiger partial charge in [0.1, 0.15) is 5.75 Å². The van der Waals surface area contributed by atoms with Gasteiger partial charge in [-0.2, -0.15) is 0 Å². The van der Waals surface area contributed by atoms with Crippen molar-refractivity contribution in [2.75, 3.05) is 0 Å². The summed E-state index contributed by atoms with van der Waals surface area (Å²) < 4.78 is 6.23. The van der Waals surface area contributed by atoms with Crippen LogP contribution in [0.3, 0.4) is 0 Å². The summed E-state index contributed by atoms with van der Waals surface area (Å²) in [6.07, 6.45) is 2.97. The summed E-state index contributed by atoms with van der Waals surface area (Å²) in [6, 6.07) is 8.05. The Labute approximate surface area is 73.8 Å². The molecule has 0 saturated carbocycles. The summed E-state index contributed by atoms with van der Waals surface area (Å²) in [5, 5.41) is 0. The molecule has 0 atom stereocenters. The second-order valence-electron chi connectivity index (χ2n) is 2.42. The minimum atomic E-state index is 0.816. The molecule has 1 aliphatic heterocycles. The predicted octanol–water partition coefficient (Wildman–Crippen LogP) is 2.86. The molecule has 0 radical (unpaired) electrons. The first-order chi connectivity index (χ1) is 5.36. The van der Waals surface area contributed by atoms with Gasteiger partial charge in [0.15, 0.2) is 4.67 Å². The van der Waals surface area contributed by atoms with E-state index in [-0.39, 0.29) is 0 Å². The van der Waals surface area contributed by atoms with Gasteiger partial charge >= 0.3 is 0 Å². The van der Waals surface area contributed by atoms with E-state index in [9.17, 15) is 0 Å². The first-order valence-electron chi connectivity index (χ1n) is 3.48. The van der Waals surface area contributed by atoms with Gasteiger partial charge in [-0.05, 0) is 40.1 Å². The molecule has 0 spiro atoms. The molecule has 1 aliphatic rings. The molecule has 0 aliphatic carbocycles. The average molecular weight is 211 g/mol. The van der Waals surface area contributed by atoms with Crippen LogP contribution in [0.15, 0.2) is 35.0 Å². The molecule has 11 heavy (non-hydrogen) atoms. The molecule has 1 aromatic carbocycles. The number of ether oxygens (including phenoxy) is 1. The number of para-hydroxylation sites is 1. The topological polar surface area (TPSA) is 9.23 Å². The molecule has 2 heteroatoms. The van der Waals surface area contributed by atoms with Crippen molar-refractivity contribution in [3.05, 3.63) is 40.6 Å². The van der Waals surface area contributed by atoms with Gasteiger partial charge in [-0.3, -0.25) is 0 Å². The highest BCUT2D eigenvalue weighted by atomic mass is 79.9. The monoisotopic (exact) mass is 210 g/mol. The number of hydrogen-bond donors (Lipinski definition) is 0. The molecule has 56 valence electrons. The van der Waals surface area contributed by atoms with Crippen LogP contribution in [-0.2, 0) is 6.42 Å². The van der Waals surface area contributed by atoms with Crippen LogP contribution < -0.4 is 4.74 Å². The summed E-state index contributed by atoms with van der Waals surface area (Å²) in [6.45, 7) is 0. The van der Waals surface area contributed by atoms with Crippen molar-refractivity contribution in [2.45, 2.75) is 6.42 Å². The fraction of sp³-hybridized carbons (Fsp3) is 0.111. The van der Waals surface area contributed by atoms with Crippen LogP contribution in [0.2, 0.25) is 0 Å². The highest BCUT2D eigenvalue weighted by Gasteiger charge is 2.08. The molecule has 1 nitrogen and oxygen atoms in total. The van der Waals surface area contributed by atoms with Gasteiger partial charge in [0.25, 0.3) is 0 Å². The fourth-order valence-electron chi connectivity index (χ4n) is 1.11. The Balaban J connectivity index is 2.42. The second kappa shape index (κ2) is 2.70. The summed E-state index contributed by atoms with van der Waals surface area (Å²) in [7, 11) is 0. The number of allylic oxidation sites excluding steroid dienone is 1. The van der Waals surface area contributed by atoms with Crippen LogP contribution >= 0.6 is 15.9 Å². The number of halogens is 1. The molecule has 0 aromatic heterocycles. The third-order valence-electron chi connectivity index (χ3n) is 1.66. The van der Waals surface area contributed by atoms with Crippen LogP contribution in [0.5, 0.6) is 5.75 Å². The van der Waals surface area contributed by atoms with Gasteiger partial charge in [-0.25, -0.2) is 0 Å². The zero-order valence-electron chi connectivity index (χ0n) is 5.88. The van der Waals surface area contributed by atoms with Crippen molar-refractivity contribution >= 4 is 15.9 Å². The van der Waals surface area contributed by atoms with Gasteiger partial charge in [0.05, 0.1) is 0 Å². The standard InChI is InChI=1S/C9H7BrO/c10-9-6-5-7-3-1-2-4-8(7)11-9/h1-4,6H,5H2. The second-order valence-corrected chi connectivity index (χ2v) is 3.20. The SMILES string of the molecule is BrC1=CCc2ccccc2O1. The predicted molar refractivity (Wildman–Crippen MR) is 47.8 cm³/mol.